The number of hydrogen-bond donors (Lipinski definition) is 0. The van der Waals surface area contributed by atoms with Gasteiger partial charge in [-0.05, 0) is 105 Å². The summed E-state index contributed by atoms with van der Waals surface area (Å²) in [7, 11) is 0. The van der Waals surface area contributed by atoms with Crippen molar-refractivity contribution in [1.82, 2.24) is 9.13 Å². The zero-order chi connectivity index (χ0) is 37.0. The highest BCUT2D eigenvalue weighted by Crippen LogP contribution is 2.45. The number of nitrogens with zero attached hydrogens (tertiary/aromatic N) is 2. The SMILES string of the molecule is c1ccc(-c2cc(-c3cccc(-n4c5ccccc5c5ccccc54)c3)c(-c3ccccc3)c(-c3cccc(-n4c5ccccc5c5ccccc54)c3)c2)cc1. The van der Waals surface area contributed by atoms with Gasteiger partial charge in [0.25, 0.3) is 0 Å². The average molecular weight is 713 g/mol. The first-order chi connectivity index (χ1) is 27.8. The van der Waals surface area contributed by atoms with Crippen molar-refractivity contribution in [3.8, 4) is 55.9 Å². The maximum absolute atomic E-state index is 2.41. The number of benzene rings is 9. The minimum atomic E-state index is 1.14. The molecular formula is C54H36N2. The molecule has 0 aliphatic rings. The lowest BCUT2D eigenvalue weighted by Gasteiger charge is -2.20. The summed E-state index contributed by atoms with van der Waals surface area (Å²) in [6, 6.07) is 79.6. The van der Waals surface area contributed by atoms with Gasteiger partial charge >= 0.3 is 0 Å². The number of aromatic nitrogens is 2. The zero-order valence-corrected chi connectivity index (χ0v) is 30.7. The Morgan fingerprint density at radius 2 is 0.571 bits per heavy atom. The summed E-state index contributed by atoms with van der Waals surface area (Å²) < 4.78 is 4.82. The van der Waals surface area contributed by atoms with E-state index in [1.54, 1.807) is 0 Å². The molecule has 0 amide bonds. The molecule has 11 aromatic rings. The smallest absolute Gasteiger partial charge is 0.0541 e. The largest absolute Gasteiger partial charge is 0.309 e. The second-order valence-electron chi connectivity index (χ2n) is 14.5. The first kappa shape index (κ1) is 32.0. The molecule has 0 atom stereocenters. The quantitative estimate of drug-likeness (QED) is 0.162. The van der Waals surface area contributed by atoms with Gasteiger partial charge in [-0.3, -0.25) is 0 Å². The highest BCUT2D eigenvalue weighted by atomic mass is 15.0. The molecule has 0 saturated carbocycles. The third-order valence-corrected chi connectivity index (χ3v) is 11.3. The van der Waals surface area contributed by atoms with Crippen LogP contribution >= 0.6 is 0 Å². The van der Waals surface area contributed by atoms with Gasteiger partial charge in [0.2, 0.25) is 0 Å². The van der Waals surface area contributed by atoms with Crippen LogP contribution in [0.2, 0.25) is 0 Å². The van der Waals surface area contributed by atoms with Gasteiger partial charge in [0, 0.05) is 32.9 Å². The molecule has 11 rings (SSSR count). The second-order valence-corrected chi connectivity index (χ2v) is 14.5. The van der Waals surface area contributed by atoms with Crippen molar-refractivity contribution in [3.63, 3.8) is 0 Å². The lowest BCUT2D eigenvalue weighted by molar-refractivity contribution is 1.18. The summed E-state index contributed by atoms with van der Waals surface area (Å²) in [5, 5.41) is 5.04. The Morgan fingerprint density at radius 3 is 0.982 bits per heavy atom. The van der Waals surface area contributed by atoms with Gasteiger partial charge in [-0.25, -0.2) is 0 Å². The van der Waals surface area contributed by atoms with Gasteiger partial charge in [0.15, 0.2) is 0 Å². The van der Waals surface area contributed by atoms with E-state index in [1.165, 1.54) is 88.1 Å². The molecule has 0 aliphatic heterocycles. The fraction of sp³-hybridized carbons (Fsp3) is 0. The minimum absolute atomic E-state index is 1.14. The molecule has 0 fully saturated rings. The summed E-state index contributed by atoms with van der Waals surface area (Å²) in [5.41, 5.74) is 16.6. The van der Waals surface area contributed by atoms with Crippen LogP contribution in [0.3, 0.4) is 0 Å². The zero-order valence-electron chi connectivity index (χ0n) is 30.7. The van der Waals surface area contributed by atoms with Gasteiger partial charge in [0.1, 0.15) is 0 Å². The first-order valence-corrected chi connectivity index (χ1v) is 19.3. The lowest BCUT2D eigenvalue weighted by atomic mass is 9.84. The van der Waals surface area contributed by atoms with Crippen molar-refractivity contribution in [2.45, 2.75) is 0 Å². The first-order valence-electron chi connectivity index (χ1n) is 19.3. The lowest BCUT2D eigenvalue weighted by Crippen LogP contribution is -1.97. The Balaban J connectivity index is 1.19. The van der Waals surface area contributed by atoms with Crippen LogP contribution in [-0.4, -0.2) is 9.13 Å². The van der Waals surface area contributed by atoms with Crippen LogP contribution in [0.15, 0.2) is 218 Å². The normalized spacial score (nSPS) is 11.6. The molecule has 0 radical (unpaired) electrons. The summed E-state index contributed by atoms with van der Waals surface area (Å²) in [6.45, 7) is 0. The fourth-order valence-electron chi connectivity index (χ4n) is 8.84. The van der Waals surface area contributed by atoms with E-state index >= 15 is 0 Å². The summed E-state index contributed by atoms with van der Waals surface area (Å²) >= 11 is 0. The van der Waals surface area contributed by atoms with E-state index in [9.17, 15) is 0 Å². The minimum Gasteiger partial charge on any atom is -0.309 e. The van der Waals surface area contributed by atoms with Crippen LogP contribution in [0.1, 0.15) is 0 Å². The Bertz CT molecular complexity index is 2950. The number of hydrogen-bond acceptors (Lipinski definition) is 0. The average Bonchev–Trinajstić information content (AvgIpc) is 3.80. The van der Waals surface area contributed by atoms with Crippen molar-refractivity contribution < 1.29 is 0 Å². The van der Waals surface area contributed by atoms with Gasteiger partial charge in [0.05, 0.1) is 22.1 Å². The standard InChI is InChI=1S/C54H36N2/c1-3-17-37(18-4-1)41-35-48(39-21-15-23-42(33-39)55-50-29-11-7-25-44(50)45-26-8-12-30-51(45)55)54(38-19-5-2-6-20-38)49(36-41)40-22-16-24-43(34-40)56-52-31-13-9-27-46(52)47-28-10-14-32-53(47)56/h1-36H. The predicted molar refractivity (Wildman–Crippen MR) is 237 cm³/mol. The van der Waals surface area contributed by atoms with Crippen molar-refractivity contribution in [2.75, 3.05) is 0 Å². The maximum atomic E-state index is 2.41. The van der Waals surface area contributed by atoms with Crippen molar-refractivity contribution in [1.29, 1.82) is 0 Å². The molecule has 0 saturated heterocycles. The van der Waals surface area contributed by atoms with E-state index in [0.717, 1.165) is 11.4 Å². The molecule has 0 N–H and O–H groups in total. The van der Waals surface area contributed by atoms with Gasteiger partial charge < -0.3 is 9.13 Å². The predicted octanol–water partition coefficient (Wildman–Crippen LogP) is 14.5. The van der Waals surface area contributed by atoms with E-state index in [2.05, 4.69) is 228 Å². The second kappa shape index (κ2) is 13.2. The van der Waals surface area contributed by atoms with Gasteiger partial charge in [-0.15, -0.1) is 0 Å². The molecule has 2 heterocycles. The van der Waals surface area contributed by atoms with Crippen LogP contribution < -0.4 is 0 Å². The number of para-hydroxylation sites is 4. The third kappa shape index (κ3) is 5.19. The Hall–Kier alpha value is -7.42. The summed E-state index contributed by atoms with van der Waals surface area (Å²) in [5.74, 6) is 0. The van der Waals surface area contributed by atoms with Crippen molar-refractivity contribution in [3.05, 3.63) is 218 Å². The molecule has 9 aromatic carbocycles. The topological polar surface area (TPSA) is 9.86 Å². The molecule has 56 heavy (non-hydrogen) atoms. The van der Waals surface area contributed by atoms with E-state index in [4.69, 9.17) is 0 Å². The molecule has 0 bridgehead atoms. The molecule has 0 spiro atoms. The molecule has 2 heteroatoms. The van der Waals surface area contributed by atoms with Crippen LogP contribution in [-0.2, 0) is 0 Å². The van der Waals surface area contributed by atoms with Crippen molar-refractivity contribution in [2.24, 2.45) is 0 Å². The van der Waals surface area contributed by atoms with E-state index in [1.807, 2.05) is 0 Å². The van der Waals surface area contributed by atoms with Crippen LogP contribution in [0.25, 0.3) is 99.5 Å². The molecule has 0 unspecified atom stereocenters. The van der Waals surface area contributed by atoms with Crippen LogP contribution in [0.4, 0.5) is 0 Å². The van der Waals surface area contributed by atoms with Gasteiger partial charge in [-0.2, -0.15) is 0 Å². The van der Waals surface area contributed by atoms with E-state index < -0.39 is 0 Å². The number of fused-ring (bicyclic) bond motifs is 6. The summed E-state index contributed by atoms with van der Waals surface area (Å²) in [6.07, 6.45) is 0. The Morgan fingerprint density at radius 1 is 0.232 bits per heavy atom. The van der Waals surface area contributed by atoms with Crippen LogP contribution in [0.5, 0.6) is 0 Å². The van der Waals surface area contributed by atoms with Gasteiger partial charge in [-0.1, -0.05) is 158 Å². The molecular weight excluding hydrogens is 677 g/mol. The summed E-state index contributed by atoms with van der Waals surface area (Å²) in [4.78, 5) is 0. The Kier molecular flexibility index (Phi) is 7.53. The molecule has 262 valence electrons. The van der Waals surface area contributed by atoms with Crippen LogP contribution in [0, 0.1) is 0 Å². The number of rotatable bonds is 6. The highest BCUT2D eigenvalue weighted by molar-refractivity contribution is 6.10. The molecule has 0 aliphatic carbocycles. The van der Waals surface area contributed by atoms with Crippen molar-refractivity contribution >= 4 is 43.6 Å². The third-order valence-electron chi connectivity index (χ3n) is 11.3. The van der Waals surface area contributed by atoms with E-state index in [0.29, 0.717) is 0 Å². The highest BCUT2D eigenvalue weighted by Gasteiger charge is 2.20. The molecule has 2 aromatic heterocycles. The maximum Gasteiger partial charge on any atom is 0.0541 e. The monoisotopic (exact) mass is 712 g/mol. The fourth-order valence-corrected chi connectivity index (χ4v) is 8.84. The molecule has 2 nitrogen and oxygen atoms in total. The van der Waals surface area contributed by atoms with E-state index in [-0.39, 0.29) is 0 Å². The Labute approximate surface area is 325 Å².